The van der Waals surface area contributed by atoms with Crippen molar-refractivity contribution in [2.45, 2.75) is 76.5 Å². The van der Waals surface area contributed by atoms with Crippen molar-refractivity contribution in [2.75, 3.05) is 19.6 Å². The molecule has 0 radical (unpaired) electrons. The summed E-state index contributed by atoms with van der Waals surface area (Å²) in [6.07, 6.45) is 12.1. The minimum Gasteiger partial charge on any atom is -0.322 e. The lowest BCUT2D eigenvalue weighted by Gasteiger charge is -2.45. The minimum absolute atomic E-state index is 0.275. The predicted octanol–water partition coefficient (Wildman–Crippen LogP) is 5.47. The number of carbonyl (C=O) groups is 1. The Bertz CT molecular complexity index is 1210. The molecule has 190 valence electrons. The Hall–Kier alpha value is -2.64. The van der Waals surface area contributed by atoms with Crippen LogP contribution in [-0.4, -0.2) is 72.9 Å². The molecule has 1 aliphatic carbocycles. The Balaban J connectivity index is 1.23. The van der Waals surface area contributed by atoms with Crippen LogP contribution in [0.5, 0.6) is 0 Å². The largest absolute Gasteiger partial charge is 0.322 e. The van der Waals surface area contributed by atoms with E-state index in [2.05, 4.69) is 31.0 Å². The molecule has 36 heavy (non-hydrogen) atoms. The molecule has 2 atom stereocenters. The fourth-order valence-electron chi connectivity index (χ4n) is 6.66. The third-order valence-corrected chi connectivity index (χ3v) is 8.63. The number of piperazine rings is 1. The summed E-state index contributed by atoms with van der Waals surface area (Å²) in [6.45, 7) is 5.53. The van der Waals surface area contributed by atoms with Gasteiger partial charge in [-0.3, -0.25) is 9.30 Å². The molecule has 3 aliphatic rings. The predicted molar refractivity (Wildman–Crippen MR) is 142 cm³/mol. The Morgan fingerprint density at radius 3 is 2.47 bits per heavy atom. The van der Waals surface area contributed by atoms with Gasteiger partial charge in [-0.2, -0.15) is 0 Å². The number of nitrogens with zero attached hydrogens (tertiary/aromatic N) is 6. The van der Waals surface area contributed by atoms with E-state index < -0.39 is 0 Å². The van der Waals surface area contributed by atoms with Crippen molar-refractivity contribution in [3.8, 4) is 11.3 Å². The summed E-state index contributed by atoms with van der Waals surface area (Å²) in [7, 11) is 0. The highest BCUT2D eigenvalue weighted by atomic mass is 35.5. The second-order valence-corrected chi connectivity index (χ2v) is 11.0. The van der Waals surface area contributed by atoms with Crippen LogP contribution in [0.25, 0.3) is 17.0 Å². The monoisotopic (exact) mass is 506 g/mol. The Morgan fingerprint density at radius 1 is 1.06 bits per heavy atom. The van der Waals surface area contributed by atoms with E-state index in [0.29, 0.717) is 16.8 Å². The van der Waals surface area contributed by atoms with Gasteiger partial charge in [-0.1, -0.05) is 43.0 Å². The number of amides is 2. The first-order valence-electron chi connectivity index (χ1n) is 13.5. The first-order valence-corrected chi connectivity index (χ1v) is 13.9. The number of halogens is 1. The maximum atomic E-state index is 13.8. The molecule has 0 N–H and O–H groups in total. The number of benzene rings is 1. The van der Waals surface area contributed by atoms with Crippen LogP contribution in [0.1, 0.15) is 57.6 Å². The first-order chi connectivity index (χ1) is 17.6. The molecule has 6 rings (SSSR count). The van der Waals surface area contributed by atoms with Gasteiger partial charge in [-0.05, 0) is 50.8 Å². The average Bonchev–Trinajstić information content (AvgIpc) is 3.40. The maximum Gasteiger partial charge on any atom is 0.320 e. The van der Waals surface area contributed by atoms with E-state index >= 15 is 0 Å². The van der Waals surface area contributed by atoms with Crippen LogP contribution in [0, 0.1) is 0 Å². The smallest absolute Gasteiger partial charge is 0.320 e. The van der Waals surface area contributed by atoms with Gasteiger partial charge < -0.3 is 9.80 Å². The van der Waals surface area contributed by atoms with E-state index in [9.17, 15) is 4.79 Å². The van der Waals surface area contributed by atoms with Crippen LogP contribution in [0.3, 0.4) is 0 Å². The van der Waals surface area contributed by atoms with Crippen molar-refractivity contribution < 1.29 is 4.79 Å². The van der Waals surface area contributed by atoms with Crippen LogP contribution in [0.15, 0.2) is 42.7 Å². The number of likely N-dealkylation sites (tertiary alicyclic amines) is 1. The van der Waals surface area contributed by atoms with Crippen molar-refractivity contribution in [3.05, 3.63) is 53.4 Å². The lowest BCUT2D eigenvalue weighted by Crippen LogP contribution is -2.60. The average molecular weight is 507 g/mol. The zero-order valence-corrected chi connectivity index (χ0v) is 21.8. The molecule has 8 heteroatoms. The summed E-state index contributed by atoms with van der Waals surface area (Å²) in [4.78, 5) is 30.1. The molecule has 3 fully saturated rings. The summed E-state index contributed by atoms with van der Waals surface area (Å²) in [5, 5.41) is 0.717. The molecule has 1 saturated carbocycles. The fraction of sp³-hybridized carbons (Fsp3) is 0.536. The highest BCUT2D eigenvalue weighted by Gasteiger charge is 2.45. The van der Waals surface area contributed by atoms with Crippen LogP contribution < -0.4 is 0 Å². The quantitative estimate of drug-likeness (QED) is 0.460. The molecule has 2 aromatic heterocycles. The van der Waals surface area contributed by atoms with Crippen molar-refractivity contribution in [1.82, 2.24) is 29.1 Å². The lowest BCUT2D eigenvalue weighted by atomic mass is 9.94. The fourth-order valence-corrected chi connectivity index (χ4v) is 6.79. The van der Waals surface area contributed by atoms with Crippen LogP contribution in [0.2, 0.25) is 5.02 Å². The summed E-state index contributed by atoms with van der Waals surface area (Å²) >= 11 is 6.15. The molecule has 7 nitrogen and oxygen atoms in total. The van der Waals surface area contributed by atoms with Gasteiger partial charge in [0, 0.05) is 67.3 Å². The molecule has 2 aliphatic heterocycles. The van der Waals surface area contributed by atoms with Gasteiger partial charge in [-0.15, -0.1) is 0 Å². The van der Waals surface area contributed by atoms with Crippen molar-refractivity contribution in [2.24, 2.45) is 0 Å². The van der Waals surface area contributed by atoms with Crippen LogP contribution in [-0.2, 0) is 6.54 Å². The topological polar surface area (TPSA) is 57.0 Å². The maximum absolute atomic E-state index is 13.8. The van der Waals surface area contributed by atoms with E-state index in [-0.39, 0.29) is 18.1 Å². The summed E-state index contributed by atoms with van der Waals surface area (Å²) in [5.74, 6) is 0.709. The Labute approximate surface area is 218 Å². The Morgan fingerprint density at radius 2 is 1.78 bits per heavy atom. The number of hydrogen-bond donors (Lipinski definition) is 0. The highest BCUT2D eigenvalue weighted by molar-refractivity contribution is 6.30. The normalized spacial score (nSPS) is 22.9. The second kappa shape index (κ2) is 10.0. The van der Waals surface area contributed by atoms with Gasteiger partial charge >= 0.3 is 6.03 Å². The number of urea groups is 1. The molecule has 2 amide bonds. The highest BCUT2D eigenvalue weighted by Crippen LogP contribution is 2.35. The summed E-state index contributed by atoms with van der Waals surface area (Å²) in [6, 6.07) is 11.1. The Kier molecular flexibility index (Phi) is 6.61. The van der Waals surface area contributed by atoms with Crippen LogP contribution >= 0.6 is 11.6 Å². The third kappa shape index (κ3) is 4.37. The molecule has 4 heterocycles. The third-order valence-electron chi connectivity index (χ3n) is 8.37. The molecule has 1 aromatic carbocycles. The number of imidazole rings is 1. The number of rotatable bonds is 5. The number of hydrogen-bond acceptors (Lipinski definition) is 4. The minimum atomic E-state index is 0.275. The van der Waals surface area contributed by atoms with Crippen molar-refractivity contribution >= 4 is 23.4 Å². The van der Waals surface area contributed by atoms with Gasteiger partial charge in [0.25, 0.3) is 0 Å². The van der Waals surface area contributed by atoms with Gasteiger partial charge in [0.2, 0.25) is 5.78 Å². The summed E-state index contributed by atoms with van der Waals surface area (Å²) in [5.41, 5.74) is 3.13. The molecular weight excluding hydrogens is 472 g/mol. The zero-order chi connectivity index (χ0) is 24.6. The molecule has 2 saturated heterocycles. The van der Waals surface area contributed by atoms with Crippen LogP contribution in [0.4, 0.5) is 4.79 Å². The van der Waals surface area contributed by atoms with Gasteiger partial charge in [0.1, 0.15) is 0 Å². The van der Waals surface area contributed by atoms with Crippen molar-refractivity contribution in [1.29, 1.82) is 0 Å². The molecule has 3 aromatic rings. The zero-order valence-electron chi connectivity index (χ0n) is 21.0. The van der Waals surface area contributed by atoms with E-state index in [1.165, 1.54) is 19.3 Å². The molecule has 0 spiro atoms. The number of aromatic nitrogens is 3. The number of carbonyl (C=O) groups excluding carboxylic acids is 1. The second-order valence-electron chi connectivity index (χ2n) is 10.6. The van der Waals surface area contributed by atoms with E-state index in [1.54, 1.807) is 6.20 Å². The molecule has 2 unspecified atom stereocenters. The number of fused-ring (bicyclic) bond motifs is 3. The first kappa shape index (κ1) is 23.7. The van der Waals surface area contributed by atoms with E-state index in [1.807, 2.05) is 36.5 Å². The SMILES string of the molecule is CCN(C(=O)N1C2CCC1CN(Cc1c(-c3ccc(Cl)cc3)nc3ncccn13)C2)C1CCCCC1. The molecular formula is C28H35ClN6O. The van der Waals surface area contributed by atoms with Gasteiger partial charge in [0.15, 0.2) is 0 Å². The standard InChI is InChI=1S/C28H35ClN6O/c1-2-33(22-7-4-3-5-8-22)28(36)35-23-13-14-24(35)18-32(17-23)19-25-26(20-9-11-21(29)12-10-20)31-27-30-15-6-16-34(25)27/h6,9-12,15-16,22-24H,2-5,7-8,13-14,17-19H2,1H3. The van der Waals surface area contributed by atoms with Crippen molar-refractivity contribution in [3.63, 3.8) is 0 Å². The summed E-state index contributed by atoms with van der Waals surface area (Å²) < 4.78 is 2.10. The molecule has 2 bridgehead atoms. The van der Waals surface area contributed by atoms with Gasteiger partial charge in [-0.25, -0.2) is 14.8 Å². The van der Waals surface area contributed by atoms with E-state index in [4.69, 9.17) is 16.6 Å². The lowest BCUT2D eigenvalue weighted by molar-refractivity contribution is 0.0546. The van der Waals surface area contributed by atoms with E-state index in [0.717, 1.165) is 68.8 Å². The van der Waals surface area contributed by atoms with Gasteiger partial charge in [0.05, 0.1) is 11.4 Å².